The van der Waals surface area contributed by atoms with E-state index in [1.54, 1.807) is 6.92 Å². The van der Waals surface area contributed by atoms with E-state index in [2.05, 4.69) is 0 Å². The molecule has 0 bridgehead atoms. The minimum absolute atomic E-state index is 0.0732. The molecular formula is C13H19FN2O3S. The van der Waals surface area contributed by atoms with Gasteiger partial charge in [-0.2, -0.15) is 4.31 Å². The number of hydrogen-bond donors (Lipinski definition) is 1. The van der Waals surface area contributed by atoms with Gasteiger partial charge in [0.25, 0.3) is 0 Å². The molecule has 0 unspecified atom stereocenters. The largest absolute Gasteiger partial charge is 0.395 e. The number of aryl methyl sites for hydroxylation is 1. The Morgan fingerprint density at radius 3 is 2.45 bits per heavy atom. The topological polar surface area (TPSA) is 60.9 Å². The molecule has 112 valence electrons. The number of halogens is 1. The van der Waals surface area contributed by atoms with Crippen molar-refractivity contribution < 1.29 is 17.9 Å². The minimum Gasteiger partial charge on any atom is -0.395 e. The average molecular weight is 302 g/mol. The number of sulfonamides is 1. The number of aliphatic hydroxyl groups is 1. The summed E-state index contributed by atoms with van der Waals surface area (Å²) >= 11 is 0. The molecule has 0 amide bonds. The molecule has 0 aliphatic carbocycles. The average Bonchev–Trinajstić information content (AvgIpc) is 2.39. The van der Waals surface area contributed by atoms with Gasteiger partial charge in [-0.25, -0.2) is 12.8 Å². The Hall–Kier alpha value is -1.02. The molecule has 7 heteroatoms. The van der Waals surface area contributed by atoms with Crippen LogP contribution in [0.25, 0.3) is 0 Å². The van der Waals surface area contributed by atoms with Crippen molar-refractivity contribution in [1.29, 1.82) is 0 Å². The monoisotopic (exact) mass is 302 g/mol. The van der Waals surface area contributed by atoms with Crippen LogP contribution in [-0.2, 0) is 10.0 Å². The number of nitrogens with zero attached hydrogens (tertiary/aromatic N) is 2. The van der Waals surface area contributed by atoms with Gasteiger partial charge in [-0.15, -0.1) is 0 Å². The van der Waals surface area contributed by atoms with E-state index < -0.39 is 15.8 Å². The second kappa shape index (κ2) is 6.17. The molecule has 20 heavy (non-hydrogen) atoms. The van der Waals surface area contributed by atoms with Gasteiger partial charge in [0, 0.05) is 32.7 Å². The van der Waals surface area contributed by atoms with Gasteiger partial charge in [0.15, 0.2) is 0 Å². The maximum Gasteiger partial charge on any atom is 0.243 e. The Bertz CT molecular complexity index is 569. The molecule has 1 aromatic rings. The van der Waals surface area contributed by atoms with E-state index in [9.17, 15) is 12.8 Å². The second-order valence-corrected chi connectivity index (χ2v) is 6.79. The molecule has 0 aromatic heterocycles. The van der Waals surface area contributed by atoms with Crippen molar-refractivity contribution in [1.82, 2.24) is 9.21 Å². The Kier molecular flexibility index (Phi) is 4.74. The minimum atomic E-state index is -3.57. The summed E-state index contributed by atoms with van der Waals surface area (Å²) in [5, 5.41) is 8.88. The predicted molar refractivity (Wildman–Crippen MR) is 73.4 cm³/mol. The summed E-state index contributed by atoms with van der Waals surface area (Å²) in [5.41, 5.74) is 0.419. The van der Waals surface area contributed by atoms with E-state index >= 15 is 0 Å². The first-order valence-electron chi connectivity index (χ1n) is 6.54. The third-order valence-corrected chi connectivity index (χ3v) is 5.56. The Morgan fingerprint density at radius 2 is 1.90 bits per heavy atom. The van der Waals surface area contributed by atoms with E-state index in [0.29, 0.717) is 38.3 Å². The summed E-state index contributed by atoms with van der Waals surface area (Å²) in [4.78, 5) is 2.18. The summed E-state index contributed by atoms with van der Waals surface area (Å²) in [6.07, 6.45) is 0. The van der Waals surface area contributed by atoms with Crippen molar-refractivity contribution in [3.63, 3.8) is 0 Å². The van der Waals surface area contributed by atoms with Crippen LogP contribution >= 0.6 is 0 Å². The van der Waals surface area contributed by atoms with Crippen molar-refractivity contribution >= 4 is 10.0 Å². The van der Waals surface area contributed by atoms with Crippen LogP contribution in [0.4, 0.5) is 4.39 Å². The lowest BCUT2D eigenvalue weighted by Gasteiger charge is -2.33. The van der Waals surface area contributed by atoms with Crippen LogP contribution in [0.15, 0.2) is 23.1 Å². The fourth-order valence-electron chi connectivity index (χ4n) is 2.38. The first kappa shape index (κ1) is 15.4. The van der Waals surface area contributed by atoms with Crippen molar-refractivity contribution in [2.24, 2.45) is 0 Å². The zero-order chi connectivity index (χ0) is 14.8. The van der Waals surface area contributed by atoms with Gasteiger partial charge in [0.2, 0.25) is 10.0 Å². The van der Waals surface area contributed by atoms with E-state index in [1.807, 2.05) is 4.90 Å². The van der Waals surface area contributed by atoms with Gasteiger partial charge in [-0.05, 0) is 30.7 Å². The highest BCUT2D eigenvalue weighted by molar-refractivity contribution is 7.89. The van der Waals surface area contributed by atoms with E-state index in [4.69, 9.17) is 5.11 Å². The Balaban J connectivity index is 2.15. The van der Waals surface area contributed by atoms with Crippen LogP contribution in [0.3, 0.4) is 0 Å². The van der Waals surface area contributed by atoms with Crippen LogP contribution < -0.4 is 0 Å². The normalized spacial score (nSPS) is 18.4. The van der Waals surface area contributed by atoms with Gasteiger partial charge < -0.3 is 5.11 Å². The quantitative estimate of drug-likeness (QED) is 0.876. The number of hydrogen-bond acceptors (Lipinski definition) is 4. The number of β-amino-alcohol motifs (C(OH)–C–C–N with tert-alkyl or cyclic N) is 1. The van der Waals surface area contributed by atoms with E-state index in [0.717, 1.165) is 0 Å². The third-order valence-electron chi connectivity index (χ3n) is 3.50. The van der Waals surface area contributed by atoms with Crippen LogP contribution in [0, 0.1) is 12.7 Å². The van der Waals surface area contributed by atoms with Gasteiger partial charge in [0.1, 0.15) is 5.82 Å². The highest BCUT2D eigenvalue weighted by Gasteiger charge is 2.29. The van der Waals surface area contributed by atoms with Gasteiger partial charge >= 0.3 is 0 Å². The lowest BCUT2D eigenvalue weighted by atomic mass is 10.2. The number of rotatable bonds is 4. The van der Waals surface area contributed by atoms with Crippen LogP contribution in [0.1, 0.15) is 5.56 Å². The lowest BCUT2D eigenvalue weighted by Crippen LogP contribution is -2.49. The Morgan fingerprint density at radius 1 is 1.25 bits per heavy atom. The van der Waals surface area contributed by atoms with Crippen molar-refractivity contribution in [3.05, 3.63) is 29.6 Å². The molecule has 1 aromatic carbocycles. The second-order valence-electron chi connectivity index (χ2n) is 4.88. The molecule has 1 saturated heterocycles. The fourth-order valence-corrected chi connectivity index (χ4v) is 4.00. The third kappa shape index (κ3) is 3.17. The molecule has 0 atom stereocenters. The zero-order valence-corrected chi connectivity index (χ0v) is 12.2. The molecule has 5 nitrogen and oxygen atoms in total. The molecule has 0 saturated carbocycles. The molecule has 0 spiro atoms. The molecule has 1 heterocycles. The molecule has 1 aliphatic rings. The summed E-state index contributed by atoms with van der Waals surface area (Å²) in [7, 11) is -3.57. The maximum atomic E-state index is 13.1. The number of aliphatic hydroxyl groups excluding tert-OH is 1. The molecule has 1 fully saturated rings. The van der Waals surface area contributed by atoms with Crippen LogP contribution in [0.5, 0.6) is 0 Å². The first-order valence-corrected chi connectivity index (χ1v) is 7.98. The highest BCUT2D eigenvalue weighted by Crippen LogP contribution is 2.21. The predicted octanol–water partition coefficient (Wildman–Crippen LogP) is 0.433. The molecule has 0 radical (unpaired) electrons. The number of benzene rings is 1. The summed E-state index contributed by atoms with van der Waals surface area (Å²) < 4.78 is 39.5. The number of piperazine rings is 1. The molecule has 1 aliphatic heterocycles. The SMILES string of the molecule is Cc1cc(F)ccc1S(=O)(=O)N1CCN(CCO)CC1. The summed E-state index contributed by atoms with van der Waals surface area (Å²) in [5.74, 6) is -0.436. The summed E-state index contributed by atoms with van der Waals surface area (Å²) in [6, 6.07) is 3.72. The van der Waals surface area contributed by atoms with Gasteiger partial charge in [-0.3, -0.25) is 4.90 Å². The summed E-state index contributed by atoms with van der Waals surface area (Å²) in [6.45, 7) is 4.20. The van der Waals surface area contributed by atoms with Crippen molar-refractivity contribution in [2.45, 2.75) is 11.8 Å². The highest BCUT2D eigenvalue weighted by atomic mass is 32.2. The Labute approximate surface area is 118 Å². The fraction of sp³-hybridized carbons (Fsp3) is 0.538. The molecule has 1 N–H and O–H groups in total. The lowest BCUT2D eigenvalue weighted by molar-refractivity contribution is 0.151. The standard InChI is InChI=1S/C13H19FN2O3S/c1-11-10-12(14)2-3-13(11)20(18,19)16-6-4-15(5-7-16)8-9-17/h2-3,10,17H,4-9H2,1H3. The zero-order valence-electron chi connectivity index (χ0n) is 11.4. The molecule has 2 rings (SSSR count). The van der Waals surface area contributed by atoms with Gasteiger partial charge in [0.05, 0.1) is 11.5 Å². The van der Waals surface area contributed by atoms with Crippen LogP contribution in [-0.4, -0.2) is 62.1 Å². The van der Waals surface area contributed by atoms with Crippen molar-refractivity contribution in [3.8, 4) is 0 Å². The van der Waals surface area contributed by atoms with E-state index in [-0.39, 0.29) is 11.5 Å². The van der Waals surface area contributed by atoms with Gasteiger partial charge in [-0.1, -0.05) is 0 Å². The van der Waals surface area contributed by atoms with E-state index in [1.165, 1.54) is 22.5 Å². The maximum absolute atomic E-state index is 13.1. The van der Waals surface area contributed by atoms with Crippen molar-refractivity contribution in [2.75, 3.05) is 39.3 Å². The molecular weight excluding hydrogens is 283 g/mol. The smallest absolute Gasteiger partial charge is 0.243 e. The van der Waals surface area contributed by atoms with Crippen LogP contribution in [0.2, 0.25) is 0 Å². The first-order chi connectivity index (χ1) is 9.45.